The zero-order chi connectivity index (χ0) is 13.5. The van der Waals surface area contributed by atoms with Crippen molar-refractivity contribution in [3.63, 3.8) is 0 Å². The van der Waals surface area contributed by atoms with Crippen molar-refractivity contribution < 1.29 is 0 Å². The van der Waals surface area contributed by atoms with Gasteiger partial charge in [-0.15, -0.1) is 0 Å². The topological polar surface area (TPSA) is 15.3 Å². The van der Waals surface area contributed by atoms with Crippen molar-refractivity contribution in [1.29, 1.82) is 0 Å². The van der Waals surface area contributed by atoms with Crippen LogP contribution in [0.5, 0.6) is 0 Å². The molecule has 0 unspecified atom stereocenters. The fourth-order valence-electron chi connectivity index (χ4n) is 1.88. The Balaban J connectivity index is 2.62. The molecule has 2 nitrogen and oxygen atoms in total. The minimum Gasteiger partial charge on any atom is -0.375 e. The van der Waals surface area contributed by atoms with E-state index in [9.17, 15) is 0 Å². The van der Waals surface area contributed by atoms with Crippen LogP contribution in [0.25, 0.3) is 0 Å². The van der Waals surface area contributed by atoms with Crippen LogP contribution in [0.1, 0.15) is 32.8 Å². The summed E-state index contributed by atoms with van der Waals surface area (Å²) >= 11 is 6.32. The molecule has 0 spiro atoms. The molecule has 0 aliphatic heterocycles. The highest BCUT2D eigenvalue weighted by Gasteiger charge is 2.05. The third-order valence-corrected chi connectivity index (χ3v) is 3.26. The second kappa shape index (κ2) is 7.65. The first-order valence-electron chi connectivity index (χ1n) is 6.74. The first kappa shape index (κ1) is 15.3. The fourth-order valence-corrected chi connectivity index (χ4v) is 2.12. The Hall–Kier alpha value is -0.730. The first-order chi connectivity index (χ1) is 8.54. The number of rotatable bonds is 7. The van der Waals surface area contributed by atoms with Gasteiger partial charge in [0, 0.05) is 30.8 Å². The lowest BCUT2D eigenvalue weighted by Crippen LogP contribution is -2.20. The first-order valence-corrected chi connectivity index (χ1v) is 7.12. The van der Waals surface area contributed by atoms with E-state index in [0.29, 0.717) is 5.92 Å². The molecule has 0 heterocycles. The van der Waals surface area contributed by atoms with Gasteiger partial charge in [-0.3, -0.25) is 0 Å². The minimum atomic E-state index is 0.665. The van der Waals surface area contributed by atoms with E-state index >= 15 is 0 Å². The number of halogens is 1. The molecule has 0 radical (unpaired) electrons. The molecule has 0 saturated heterocycles. The van der Waals surface area contributed by atoms with E-state index in [1.54, 1.807) is 0 Å². The molecule has 0 atom stereocenters. The van der Waals surface area contributed by atoms with Gasteiger partial charge in [-0.25, -0.2) is 0 Å². The van der Waals surface area contributed by atoms with Crippen molar-refractivity contribution in [2.75, 3.05) is 25.0 Å². The van der Waals surface area contributed by atoms with Crippen LogP contribution < -0.4 is 10.2 Å². The van der Waals surface area contributed by atoms with Crippen molar-refractivity contribution in [3.8, 4) is 0 Å². The van der Waals surface area contributed by atoms with Crippen LogP contribution >= 0.6 is 11.6 Å². The molecule has 1 N–H and O–H groups in total. The van der Waals surface area contributed by atoms with E-state index in [-0.39, 0.29) is 0 Å². The van der Waals surface area contributed by atoms with Crippen LogP contribution in [0.2, 0.25) is 5.02 Å². The second-order valence-electron chi connectivity index (χ2n) is 5.22. The van der Waals surface area contributed by atoms with Crippen LogP contribution in [0.4, 0.5) is 5.69 Å². The zero-order valence-electron chi connectivity index (χ0n) is 12.0. The van der Waals surface area contributed by atoms with Crippen molar-refractivity contribution in [2.24, 2.45) is 5.92 Å². The Kier molecular flexibility index (Phi) is 6.51. The number of anilines is 1. The molecular weight excluding hydrogens is 244 g/mol. The smallest absolute Gasteiger partial charge is 0.0471 e. The van der Waals surface area contributed by atoms with Crippen LogP contribution in [0.15, 0.2) is 18.2 Å². The Morgan fingerprint density at radius 2 is 2.06 bits per heavy atom. The van der Waals surface area contributed by atoms with Gasteiger partial charge in [0.25, 0.3) is 0 Å². The number of hydrogen-bond donors (Lipinski definition) is 1. The molecule has 0 fully saturated rings. The normalized spacial score (nSPS) is 11.0. The summed E-state index contributed by atoms with van der Waals surface area (Å²) in [4.78, 5) is 2.23. The largest absolute Gasteiger partial charge is 0.375 e. The molecule has 3 heteroatoms. The van der Waals surface area contributed by atoms with E-state index in [0.717, 1.165) is 31.1 Å². The van der Waals surface area contributed by atoms with Gasteiger partial charge in [0.1, 0.15) is 0 Å². The summed E-state index contributed by atoms with van der Waals surface area (Å²) in [7, 11) is 2.10. The molecule has 1 aromatic rings. The van der Waals surface area contributed by atoms with Gasteiger partial charge >= 0.3 is 0 Å². The van der Waals surface area contributed by atoms with Crippen LogP contribution in [-0.4, -0.2) is 20.1 Å². The molecule has 0 aromatic heterocycles. The van der Waals surface area contributed by atoms with Gasteiger partial charge < -0.3 is 10.2 Å². The Morgan fingerprint density at radius 1 is 1.33 bits per heavy atom. The summed E-state index contributed by atoms with van der Waals surface area (Å²) in [6.07, 6.45) is 1.14. The molecule has 0 amide bonds. The number of hydrogen-bond acceptors (Lipinski definition) is 2. The second-order valence-corrected chi connectivity index (χ2v) is 5.63. The maximum absolute atomic E-state index is 6.32. The summed E-state index contributed by atoms with van der Waals surface area (Å²) in [6.45, 7) is 9.51. The van der Waals surface area contributed by atoms with Crippen LogP contribution in [0.3, 0.4) is 0 Å². The highest BCUT2D eigenvalue weighted by molar-refractivity contribution is 6.31. The number of nitrogens with one attached hydrogen (secondary N) is 1. The quantitative estimate of drug-likeness (QED) is 0.806. The summed E-state index contributed by atoms with van der Waals surface area (Å²) in [5.74, 6) is 0.665. The van der Waals surface area contributed by atoms with E-state index in [2.05, 4.69) is 56.2 Å². The lowest BCUT2D eigenvalue weighted by Gasteiger charge is -2.19. The van der Waals surface area contributed by atoms with Gasteiger partial charge in [0.15, 0.2) is 0 Å². The summed E-state index contributed by atoms with van der Waals surface area (Å²) in [5.41, 5.74) is 2.36. The molecule has 0 aliphatic carbocycles. The average molecular weight is 269 g/mol. The molecule has 0 bridgehead atoms. The zero-order valence-corrected chi connectivity index (χ0v) is 12.7. The minimum absolute atomic E-state index is 0.665. The maximum atomic E-state index is 6.32. The highest BCUT2D eigenvalue weighted by Crippen LogP contribution is 2.23. The third-order valence-electron chi connectivity index (χ3n) is 2.90. The van der Waals surface area contributed by atoms with Crippen molar-refractivity contribution in [3.05, 3.63) is 28.8 Å². The third kappa shape index (κ3) is 4.87. The van der Waals surface area contributed by atoms with Crippen molar-refractivity contribution in [1.82, 2.24) is 5.32 Å². The summed E-state index contributed by atoms with van der Waals surface area (Å²) in [5, 5.41) is 4.27. The van der Waals surface area contributed by atoms with Gasteiger partial charge in [0.2, 0.25) is 0 Å². The van der Waals surface area contributed by atoms with Gasteiger partial charge in [-0.2, -0.15) is 0 Å². The Bertz CT molecular complexity index is 364. The van der Waals surface area contributed by atoms with Crippen LogP contribution in [0, 0.1) is 5.92 Å². The van der Waals surface area contributed by atoms with Gasteiger partial charge in [0.05, 0.1) is 0 Å². The van der Waals surface area contributed by atoms with Gasteiger partial charge in [-0.05, 0) is 36.6 Å². The SMILES string of the molecule is CCCN(C)c1ccc(CNCC(C)C)c(Cl)c1. The standard InChI is InChI=1S/C15H25ClN2/c1-5-8-18(4)14-7-6-13(15(16)9-14)11-17-10-12(2)3/h6-7,9,12,17H,5,8,10-11H2,1-4H3. The molecule has 0 aliphatic rings. The van der Waals surface area contributed by atoms with E-state index in [1.807, 2.05) is 0 Å². The van der Waals surface area contributed by atoms with Crippen LogP contribution in [-0.2, 0) is 6.54 Å². The molecule has 1 aromatic carbocycles. The Labute approximate surface area is 116 Å². The van der Waals surface area contributed by atoms with Crippen molar-refractivity contribution in [2.45, 2.75) is 33.7 Å². The average Bonchev–Trinajstić information content (AvgIpc) is 2.31. The molecule has 1 rings (SSSR count). The Morgan fingerprint density at radius 3 is 2.61 bits per heavy atom. The van der Waals surface area contributed by atoms with E-state index in [1.165, 1.54) is 11.3 Å². The molecule has 0 saturated carbocycles. The lowest BCUT2D eigenvalue weighted by molar-refractivity contribution is 0.552. The van der Waals surface area contributed by atoms with Crippen molar-refractivity contribution >= 4 is 17.3 Å². The highest BCUT2D eigenvalue weighted by atomic mass is 35.5. The predicted molar refractivity (Wildman–Crippen MR) is 81.6 cm³/mol. The van der Waals surface area contributed by atoms with E-state index in [4.69, 9.17) is 11.6 Å². The lowest BCUT2D eigenvalue weighted by atomic mass is 10.1. The van der Waals surface area contributed by atoms with Gasteiger partial charge in [-0.1, -0.05) is 38.4 Å². The maximum Gasteiger partial charge on any atom is 0.0471 e. The molecule has 18 heavy (non-hydrogen) atoms. The number of benzene rings is 1. The summed E-state index contributed by atoms with van der Waals surface area (Å²) < 4.78 is 0. The van der Waals surface area contributed by atoms with E-state index < -0.39 is 0 Å². The molecular formula is C15H25ClN2. The summed E-state index contributed by atoms with van der Waals surface area (Å²) in [6, 6.07) is 6.33. The number of nitrogens with zero attached hydrogens (tertiary/aromatic N) is 1. The fraction of sp³-hybridized carbons (Fsp3) is 0.600. The monoisotopic (exact) mass is 268 g/mol. The molecule has 102 valence electrons. The predicted octanol–water partition coefficient (Wildman–Crippen LogP) is 3.93.